The minimum atomic E-state index is -0.517. The van der Waals surface area contributed by atoms with Gasteiger partial charge in [-0.05, 0) is 43.5 Å². The van der Waals surface area contributed by atoms with Gasteiger partial charge in [0, 0.05) is 23.1 Å². The summed E-state index contributed by atoms with van der Waals surface area (Å²) >= 11 is 3.53. The number of rotatable bonds is 5. The van der Waals surface area contributed by atoms with Crippen molar-refractivity contribution in [3.05, 3.63) is 51.3 Å². The third-order valence-electron chi connectivity index (χ3n) is 3.49. The molecule has 3 nitrogen and oxygen atoms in total. The fourth-order valence-electron chi connectivity index (χ4n) is 2.34. The highest BCUT2D eigenvalue weighted by atomic mass is 79.9. The summed E-state index contributed by atoms with van der Waals surface area (Å²) in [4.78, 5) is 0. The first-order valence-electron chi connectivity index (χ1n) is 7.04. The molecular weight excluding hydrogens is 316 g/mol. The molecule has 0 fully saturated rings. The van der Waals surface area contributed by atoms with E-state index in [0.717, 1.165) is 34.4 Å². The summed E-state index contributed by atoms with van der Waals surface area (Å²) < 4.78 is 2.94. The average molecular weight is 337 g/mol. The highest BCUT2D eigenvalue weighted by Crippen LogP contribution is 2.27. The maximum Gasteiger partial charge on any atom is 0.0856 e. The van der Waals surface area contributed by atoms with Crippen LogP contribution in [0.3, 0.4) is 0 Å². The highest BCUT2D eigenvalue weighted by molar-refractivity contribution is 9.10. The number of aromatic nitrogens is 2. The molecule has 0 spiro atoms. The van der Waals surface area contributed by atoms with Crippen LogP contribution >= 0.6 is 15.9 Å². The quantitative estimate of drug-likeness (QED) is 0.901. The van der Waals surface area contributed by atoms with Crippen molar-refractivity contribution in [2.75, 3.05) is 0 Å². The maximum absolute atomic E-state index is 10.5. The molecule has 0 bridgehead atoms. The molecule has 20 heavy (non-hydrogen) atoms. The van der Waals surface area contributed by atoms with Crippen molar-refractivity contribution in [1.29, 1.82) is 0 Å². The topological polar surface area (TPSA) is 38.0 Å². The van der Waals surface area contributed by atoms with Crippen LogP contribution in [0, 0.1) is 6.92 Å². The summed E-state index contributed by atoms with van der Waals surface area (Å²) in [6.07, 6.45) is 0.990. The van der Waals surface area contributed by atoms with Crippen LogP contribution in [-0.2, 0) is 19.4 Å². The number of aliphatic hydroxyl groups is 1. The van der Waals surface area contributed by atoms with E-state index >= 15 is 0 Å². The van der Waals surface area contributed by atoms with E-state index in [9.17, 15) is 5.11 Å². The van der Waals surface area contributed by atoms with Gasteiger partial charge in [-0.25, -0.2) is 0 Å². The molecule has 0 radical (unpaired) electrons. The van der Waals surface area contributed by atoms with Crippen molar-refractivity contribution in [1.82, 2.24) is 9.78 Å². The van der Waals surface area contributed by atoms with E-state index < -0.39 is 6.10 Å². The third-order valence-corrected chi connectivity index (χ3v) is 4.18. The summed E-state index contributed by atoms with van der Waals surface area (Å²) in [5.41, 5.74) is 4.28. The Labute approximate surface area is 128 Å². The Morgan fingerprint density at radius 3 is 2.65 bits per heavy atom. The Bertz CT molecular complexity index is 592. The van der Waals surface area contributed by atoms with Gasteiger partial charge >= 0.3 is 0 Å². The smallest absolute Gasteiger partial charge is 0.0856 e. The molecule has 2 rings (SSSR count). The number of benzene rings is 1. The molecule has 1 heterocycles. The van der Waals surface area contributed by atoms with Gasteiger partial charge in [-0.1, -0.05) is 35.0 Å². The van der Waals surface area contributed by atoms with Gasteiger partial charge in [-0.3, -0.25) is 4.68 Å². The Hall–Kier alpha value is -1.13. The minimum absolute atomic E-state index is 0.517. The SMILES string of the molecule is CCc1cc(CC(O)c2ccc(C)cc2Br)n(CC)n1. The van der Waals surface area contributed by atoms with Crippen molar-refractivity contribution in [3.63, 3.8) is 0 Å². The molecule has 1 N–H and O–H groups in total. The summed E-state index contributed by atoms with van der Waals surface area (Å²) in [6.45, 7) is 7.04. The summed E-state index contributed by atoms with van der Waals surface area (Å²) in [5.74, 6) is 0. The molecule has 0 aliphatic rings. The lowest BCUT2D eigenvalue weighted by Gasteiger charge is -2.14. The first-order chi connectivity index (χ1) is 9.55. The van der Waals surface area contributed by atoms with Gasteiger partial charge in [0.2, 0.25) is 0 Å². The van der Waals surface area contributed by atoms with E-state index in [0.29, 0.717) is 6.42 Å². The molecule has 2 aromatic rings. The number of halogens is 1. The zero-order valence-corrected chi connectivity index (χ0v) is 13.8. The van der Waals surface area contributed by atoms with E-state index in [1.54, 1.807) is 0 Å². The molecule has 108 valence electrons. The molecule has 0 saturated carbocycles. The highest BCUT2D eigenvalue weighted by Gasteiger charge is 2.15. The minimum Gasteiger partial charge on any atom is -0.388 e. The second kappa shape index (κ2) is 6.55. The Morgan fingerprint density at radius 2 is 2.05 bits per heavy atom. The predicted molar refractivity (Wildman–Crippen MR) is 84.8 cm³/mol. The molecule has 1 unspecified atom stereocenters. The van der Waals surface area contributed by atoms with Crippen LogP contribution < -0.4 is 0 Å². The normalized spacial score (nSPS) is 12.7. The van der Waals surface area contributed by atoms with E-state index in [2.05, 4.69) is 40.9 Å². The molecule has 1 aromatic heterocycles. The van der Waals surface area contributed by atoms with Gasteiger partial charge in [0.25, 0.3) is 0 Å². The molecule has 1 atom stereocenters. The van der Waals surface area contributed by atoms with Crippen LogP contribution in [0.5, 0.6) is 0 Å². The Kier molecular flexibility index (Phi) is 5.00. The zero-order valence-electron chi connectivity index (χ0n) is 12.2. The Morgan fingerprint density at radius 1 is 1.30 bits per heavy atom. The summed E-state index contributed by atoms with van der Waals surface area (Å²) in [7, 11) is 0. The second-order valence-corrected chi connectivity index (χ2v) is 5.90. The maximum atomic E-state index is 10.5. The fourth-order valence-corrected chi connectivity index (χ4v) is 3.09. The molecule has 0 aliphatic heterocycles. The number of nitrogens with zero attached hydrogens (tertiary/aromatic N) is 2. The Balaban J connectivity index is 2.22. The van der Waals surface area contributed by atoms with Gasteiger partial charge in [0.15, 0.2) is 0 Å². The van der Waals surface area contributed by atoms with Gasteiger partial charge < -0.3 is 5.11 Å². The van der Waals surface area contributed by atoms with Crippen LogP contribution in [-0.4, -0.2) is 14.9 Å². The predicted octanol–water partition coefficient (Wildman–Crippen LogP) is 3.81. The standard InChI is InChI=1S/C16H21BrN2O/c1-4-12-9-13(19(5-2)18-12)10-16(20)14-7-6-11(3)8-15(14)17/h6-9,16,20H,4-5,10H2,1-3H3. The molecule has 0 aliphatic carbocycles. The van der Waals surface area contributed by atoms with Crippen LogP contribution in [0.25, 0.3) is 0 Å². The lowest BCUT2D eigenvalue weighted by Crippen LogP contribution is -2.09. The van der Waals surface area contributed by atoms with Crippen molar-refractivity contribution in [2.45, 2.75) is 46.3 Å². The lowest BCUT2D eigenvalue weighted by atomic mass is 10.0. The largest absolute Gasteiger partial charge is 0.388 e. The fraction of sp³-hybridized carbons (Fsp3) is 0.438. The second-order valence-electron chi connectivity index (χ2n) is 5.04. The van der Waals surface area contributed by atoms with Crippen molar-refractivity contribution < 1.29 is 5.11 Å². The van der Waals surface area contributed by atoms with Gasteiger partial charge in [0.05, 0.1) is 11.8 Å². The monoisotopic (exact) mass is 336 g/mol. The van der Waals surface area contributed by atoms with Gasteiger partial charge in [-0.2, -0.15) is 5.10 Å². The number of aryl methyl sites for hydroxylation is 3. The van der Waals surface area contributed by atoms with E-state index in [1.807, 2.05) is 29.8 Å². The van der Waals surface area contributed by atoms with Crippen LogP contribution in [0.15, 0.2) is 28.7 Å². The van der Waals surface area contributed by atoms with E-state index in [1.165, 1.54) is 5.56 Å². The summed E-state index contributed by atoms with van der Waals surface area (Å²) in [6, 6.07) is 8.14. The average Bonchev–Trinajstić information content (AvgIpc) is 2.80. The first kappa shape index (κ1) is 15.3. The van der Waals surface area contributed by atoms with Crippen LogP contribution in [0.2, 0.25) is 0 Å². The number of hydrogen-bond acceptors (Lipinski definition) is 2. The zero-order chi connectivity index (χ0) is 14.7. The molecule has 1 aromatic carbocycles. The third kappa shape index (κ3) is 3.30. The van der Waals surface area contributed by atoms with E-state index in [4.69, 9.17) is 0 Å². The molecule has 0 amide bonds. The van der Waals surface area contributed by atoms with Gasteiger partial charge in [-0.15, -0.1) is 0 Å². The van der Waals surface area contributed by atoms with E-state index in [-0.39, 0.29) is 0 Å². The first-order valence-corrected chi connectivity index (χ1v) is 7.84. The number of aliphatic hydroxyl groups excluding tert-OH is 1. The van der Waals surface area contributed by atoms with Gasteiger partial charge in [0.1, 0.15) is 0 Å². The van der Waals surface area contributed by atoms with Crippen molar-refractivity contribution in [3.8, 4) is 0 Å². The number of hydrogen-bond donors (Lipinski definition) is 1. The molecule has 0 saturated heterocycles. The summed E-state index contributed by atoms with van der Waals surface area (Å²) in [5, 5.41) is 15.0. The molecular formula is C16H21BrN2O. The van der Waals surface area contributed by atoms with Crippen LogP contribution in [0.1, 0.15) is 42.5 Å². The van der Waals surface area contributed by atoms with Crippen molar-refractivity contribution >= 4 is 15.9 Å². The molecule has 4 heteroatoms. The van der Waals surface area contributed by atoms with Crippen molar-refractivity contribution in [2.24, 2.45) is 0 Å². The lowest BCUT2D eigenvalue weighted by molar-refractivity contribution is 0.174. The van der Waals surface area contributed by atoms with Crippen LogP contribution in [0.4, 0.5) is 0 Å².